The van der Waals surface area contributed by atoms with Crippen molar-refractivity contribution in [1.29, 1.82) is 0 Å². The smallest absolute Gasteiger partial charge is 0.0197 e. The second-order valence-electron chi connectivity index (χ2n) is 7.57. The maximum absolute atomic E-state index is 2.46. The van der Waals surface area contributed by atoms with Crippen molar-refractivity contribution in [3.05, 3.63) is 70.8 Å². The Bertz CT molecular complexity index is 1270. The first-order valence-electron chi connectivity index (χ1n) is 9.21. The molecule has 2 aliphatic rings. The molecule has 0 radical (unpaired) electrons. The number of hydrogen-bond acceptors (Lipinski definition) is 2. The Morgan fingerprint density at radius 3 is 1.54 bits per heavy atom. The van der Waals surface area contributed by atoms with E-state index in [-0.39, 0.29) is 0 Å². The van der Waals surface area contributed by atoms with E-state index in [1.807, 2.05) is 0 Å². The zero-order chi connectivity index (χ0) is 16.8. The monoisotopic (exact) mass is 368 g/mol. The normalized spacial score (nSPS) is 16.3. The topological polar surface area (TPSA) is 0 Å². The third kappa shape index (κ3) is 1.61. The summed E-state index contributed by atoms with van der Waals surface area (Å²) in [6.45, 7) is 0. The molecule has 0 nitrogen and oxygen atoms in total. The molecule has 2 heterocycles. The Morgan fingerprint density at radius 1 is 0.538 bits per heavy atom. The van der Waals surface area contributed by atoms with Crippen LogP contribution in [0.15, 0.2) is 48.5 Å². The molecule has 0 fully saturated rings. The molecule has 0 atom stereocenters. The zero-order valence-corrected chi connectivity index (χ0v) is 15.9. The maximum atomic E-state index is 2.46. The molecule has 0 saturated carbocycles. The predicted octanol–water partition coefficient (Wildman–Crippen LogP) is 7.23. The van der Waals surface area contributed by atoms with Gasteiger partial charge in [0.25, 0.3) is 0 Å². The highest BCUT2D eigenvalue weighted by Gasteiger charge is 2.24. The fourth-order valence-corrected chi connectivity index (χ4v) is 7.46. The highest BCUT2D eigenvalue weighted by atomic mass is 32.2. The van der Waals surface area contributed by atoms with Gasteiger partial charge in [-0.1, -0.05) is 36.4 Å². The molecule has 0 aromatic heterocycles. The van der Waals surface area contributed by atoms with Gasteiger partial charge in [-0.2, -0.15) is 23.5 Å². The Morgan fingerprint density at radius 2 is 1.04 bits per heavy atom. The molecule has 0 N–H and O–H groups in total. The second kappa shape index (κ2) is 4.88. The van der Waals surface area contributed by atoms with Crippen molar-refractivity contribution in [2.45, 2.75) is 23.0 Å². The lowest BCUT2D eigenvalue weighted by molar-refractivity contribution is 1.40. The zero-order valence-electron chi connectivity index (χ0n) is 14.3. The molecule has 5 aromatic rings. The Balaban J connectivity index is 1.91. The van der Waals surface area contributed by atoms with Gasteiger partial charge in [0.2, 0.25) is 0 Å². The van der Waals surface area contributed by atoms with Gasteiger partial charge in [0, 0.05) is 23.0 Å². The Labute approximate surface area is 160 Å². The van der Waals surface area contributed by atoms with Gasteiger partial charge in [0.15, 0.2) is 0 Å². The summed E-state index contributed by atoms with van der Waals surface area (Å²) in [6, 6.07) is 18.8. The number of hydrogen-bond donors (Lipinski definition) is 0. The third-order valence-corrected chi connectivity index (χ3v) is 8.29. The summed E-state index contributed by atoms with van der Waals surface area (Å²) in [5.41, 5.74) is 6.27. The van der Waals surface area contributed by atoms with Crippen molar-refractivity contribution in [2.75, 3.05) is 0 Å². The van der Waals surface area contributed by atoms with Crippen LogP contribution in [0.4, 0.5) is 0 Å². The summed E-state index contributed by atoms with van der Waals surface area (Å²) in [7, 11) is 0. The van der Waals surface area contributed by atoms with Gasteiger partial charge in [-0.25, -0.2) is 0 Å². The minimum Gasteiger partial charge on any atom is -0.152 e. The number of fused-ring (bicyclic) bond motifs is 6. The van der Waals surface area contributed by atoms with Gasteiger partial charge < -0.3 is 0 Å². The van der Waals surface area contributed by atoms with Gasteiger partial charge in [-0.15, -0.1) is 0 Å². The second-order valence-corrected chi connectivity index (χ2v) is 9.54. The molecular weight excluding hydrogens is 352 g/mol. The predicted molar refractivity (Wildman–Crippen MR) is 118 cm³/mol. The lowest BCUT2D eigenvalue weighted by Gasteiger charge is -2.19. The van der Waals surface area contributed by atoms with Crippen LogP contribution in [0, 0.1) is 0 Å². The minimum atomic E-state index is 1.15. The largest absolute Gasteiger partial charge is 0.152 e. The van der Waals surface area contributed by atoms with E-state index in [9.17, 15) is 0 Å². The highest BCUT2D eigenvalue weighted by Crippen LogP contribution is 2.49. The highest BCUT2D eigenvalue weighted by molar-refractivity contribution is 7.98. The molecule has 124 valence electrons. The van der Waals surface area contributed by atoms with Crippen molar-refractivity contribution in [3.63, 3.8) is 0 Å². The first-order valence-corrected chi connectivity index (χ1v) is 11.5. The average molecular weight is 369 g/mol. The molecule has 0 saturated heterocycles. The van der Waals surface area contributed by atoms with Gasteiger partial charge in [-0.3, -0.25) is 0 Å². The van der Waals surface area contributed by atoms with Crippen molar-refractivity contribution < 1.29 is 0 Å². The van der Waals surface area contributed by atoms with Crippen LogP contribution in [0.1, 0.15) is 22.3 Å². The summed E-state index contributed by atoms with van der Waals surface area (Å²) in [6.07, 6.45) is 0. The van der Waals surface area contributed by atoms with E-state index in [0.29, 0.717) is 0 Å². The SMILES string of the molecule is c1cc2cc3c(c4c5cccc6cc7c(c(c(c1)c24)c65)CSC7)CSC3. The summed E-state index contributed by atoms with van der Waals surface area (Å²) in [5, 5.41) is 11.8. The van der Waals surface area contributed by atoms with E-state index in [4.69, 9.17) is 0 Å². The number of thioether (sulfide) groups is 2. The molecular formula is C24H16S2. The molecule has 0 unspecified atom stereocenters. The molecule has 5 aromatic carbocycles. The average Bonchev–Trinajstić information content (AvgIpc) is 3.32. The lowest BCUT2D eigenvalue weighted by atomic mass is 9.84. The van der Waals surface area contributed by atoms with Crippen LogP contribution >= 0.6 is 23.5 Å². The molecule has 0 bridgehead atoms. The standard InChI is InChI=1S/C24H16S2/c1-3-13-7-15-9-25-12-20(15)24-18-6-2-4-14-8-16-10-26-11-19(16)23(22(14)18)17(5-1)21(13)24/h1-8H,9-12H2. The summed E-state index contributed by atoms with van der Waals surface area (Å²) < 4.78 is 0. The summed E-state index contributed by atoms with van der Waals surface area (Å²) in [5.74, 6) is 4.63. The van der Waals surface area contributed by atoms with E-state index in [1.165, 1.54) is 43.1 Å². The van der Waals surface area contributed by atoms with Crippen molar-refractivity contribution in [1.82, 2.24) is 0 Å². The molecule has 0 aliphatic carbocycles. The van der Waals surface area contributed by atoms with Crippen LogP contribution in [-0.4, -0.2) is 0 Å². The van der Waals surface area contributed by atoms with Crippen LogP contribution in [-0.2, 0) is 23.0 Å². The van der Waals surface area contributed by atoms with Gasteiger partial charge in [0.1, 0.15) is 0 Å². The van der Waals surface area contributed by atoms with E-state index in [0.717, 1.165) is 23.0 Å². The fourth-order valence-electron chi connectivity index (χ4n) is 5.24. The number of rotatable bonds is 0. The van der Waals surface area contributed by atoms with Crippen LogP contribution in [0.3, 0.4) is 0 Å². The minimum absolute atomic E-state index is 1.15. The Hall–Kier alpha value is -1.90. The quantitative estimate of drug-likeness (QED) is 0.209. The van der Waals surface area contributed by atoms with Gasteiger partial charge in [0.05, 0.1) is 0 Å². The lowest BCUT2D eigenvalue weighted by Crippen LogP contribution is -1.95. The van der Waals surface area contributed by atoms with Crippen molar-refractivity contribution in [3.8, 4) is 0 Å². The van der Waals surface area contributed by atoms with Gasteiger partial charge >= 0.3 is 0 Å². The maximum Gasteiger partial charge on any atom is 0.0197 e. The third-order valence-electron chi connectivity index (χ3n) is 6.28. The molecule has 0 amide bonds. The first kappa shape index (κ1) is 14.2. The van der Waals surface area contributed by atoms with E-state index in [2.05, 4.69) is 72.1 Å². The van der Waals surface area contributed by atoms with Crippen molar-refractivity contribution in [2.24, 2.45) is 0 Å². The van der Waals surface area contributed by atoms with E-state index >= 15 is 0 Å². The molecule has 2 heteroatoms. The van der Waals surface area contributed by atoms with Crippen LogP contribution < -0.4 is 0 Å². The molecule has 2 aliphatic heterocycles. The van der Waals surface area contributed by atoms with Crippen LogP contribution in [0.25, 0.3) is 43.1 Å². The van der Waals surface area contributed by atoms with E-state index < -0.39 is 0 Å². The first-order chi connectivity index (χ1) is 12.9. The Kier molecular flexibility index (Phi) is 2.66. The van der Waals surface area contributed by atoms with Crippen LogP contribution in [0.2, 0.25) is 0 Å². The fraction of sp³-hybridized carbons (Fsp3) is 0.167. The molecule has 7 rings (SSSR count). The molecule has 26 heavy (non-hydrogen) atoms. The van der Waals surface area contributed by atoms with Gasteiger partial charge in [-0.05, 0) is 77.5 Å². The summed E-state index contributed by atoms with van der Waals surface area (Å²) >= 11 is 4.12. The summed E-state index contributed by atoms with van der Waals surface area (Å²) in [4.78, 5) is 0. The van der Waals surface area contributed by atoms with Crippen LogP contribution in [0.5, 0.6) is 0 Å². The number of benzene rings is 5. The van der Waals surface area contributed by atoms with Crippen molar-refractivity contribution >= 4 is 66.6 Å². The van der Waals surface area contributed by atoms with E-state index in [1.54, 1.807) is 22.3 Å². The molecule has 0 spiro atoms.